The molecule has 0 aliphatic carbocycles. The van der Waals surface area contributed by atoms with E-state index in [-0.39, 0.29) is 23.2 Å². The van der Waals surface area contributed by atoms with Crippen molar-refractivity contribution in [3.8, 4) is 0 Å². The second-order valence-electron chi connectivity index (χ2n) is 6.83. The first-order chi connectivity index (χ1) is 13.4. The van der Waals surface area contributed by atoms with Crippen LogP contribution in [-0.2, 0) is 6.54 Å². The normalized spacial score (nSPS) is 10.4. The minimum Gasteiger partial charge on any atom is -0.336 e. The lowest BCUT2D eigenvalue weighted by atomic mass is 10.1. The molecule has 0 saturated carbocycles. The number of carbonyl (C=O) groups is 2. The van der Waals surface area contributed by atoms with E-state index in [1.54, 1.807) is 30.1 Å². The van der Waals surface area contributed by atoms with E-state index >= 15 is 0 Å². The van der Waals surface area contributed by atoms with Crippen molar-refractivity contribution in [3.63, 3.8) is 0 Å². The van der Waals surface area contributed by atoms with E-state index in [1.165, 1.54) is 0 Å². The fraction of sp³-hybridized carbons (Fsp3) is 0.174. The lowest BCUT2D eigenvalue weighted by Crippen LogP contribution is -2.27. The molecule has 1 heterocycles. The van der Waals surface area contributed by atoms with E-state index in [2.05, 4.69) is 10.3 Å². The first-order valence-corrected chi connectivity index (χ1v) is 9.09. The van der Waals surface area contributed by atoms with Gasteiger partial charge >= 0.3 is 0 Å². The molecule has 5 nitrogen and oxygen atoms in total. The van der Waals surface area contributed by atoms with Crippen LogP contribution in [0.3, 0.4) is 0 Å². The molecule has 0 aliphatic heterocycles. The van der Waals surface area contributed by atoms with Crippen molar-refractivity contribution in [2.24, 2.45) is 0 Å². The van der Waals surface area contributed by atoms with Gasteiger partial charge in [-0.2, -0.15) is 0 Å². The number of aryl methyl sites for hydroxylation is 2. The first-order valence-electron chi connectivity index (χ1n) is 9.09. The summed E-state index contributed by atoms with van der Waals surface area (Å²) in [7, 11) is 1.72. The quantitative estimate of drug-likeness (QED) is 0.728. The molecule has 0 unspecified atom stereocenters. The molecule has 3 aromatic rings. The molecule has 142 valence electrons. The fourth-order valence-electron chi connectivity index (χ4n) is 2.86. The fourth-order valence-corrected chi connectivity index (χ4v) is 2.86. The summed E-state index contributed by atoms with van der Waals surface area (Å²) < 4.78 is 0. The van der Waals surface area contributed by atoms with Gasteiger partial charge < -0.3 is 10.2 Å². The molecule has 5 heteroatoms. The molecule has 0 bridgehead atoms. The van der Waals surface area contributed by atoms with Crippen molar-refractivity contribution >= 4 is 17.5 Å². The molecular formula is C23H23N3O2. The number of rotatable bonds is 5. The summed E-state index contributed by atoms with van der Waals surface area (Å²) in [6.07, 6.45) is 0. The third-order valence-corrected chi connectivity index (χ3v) is 4.45. The highest BCUT2D eigenvalue weighted by Crippen LogP contribution is 2.17. The molecule has 0 aliphatic rings. The molecule has 3 rings (SSSR count). The zero-order valence-corrected chi connectivity index (χ0v) is 16.3. The summed E-state index contributed by atoms with van der Waals surface area (Å²) in [5.74, 6) is -0.570. The summed E-state index contributed by atoms with van der Waals surface area (Å²) in [5.41, 5.74) is 4.24. The molecule has 1 N–H and O–H groups in total. The average molecular weight is 373 g/mol. The Morgan fingerprint density at radius 1 is 0.929 bits per heavy atom. The molecular weight excluding hydrogens is 350 g/mol. The van der Waals surface area contributed by atoms with E-state index < -0.39 is 0 Å². The maximum atomic E-state index is 12.7. The SMILES string of the molecule is Cc1ccc(C)c(NC(=O)c2cccc(C(=O)N(C)Cc3ccccc3)n2)c1. The summed E-state index contributed by atoms with van der Waals surface area (Å²) in [4.78, 5) is 31.2. The van der Waals surface area contributed by atoms with Crippen molar-refractivity contribution in [2.45, 2.75) is 20.4 Å². The Kier molecular flexibility index (Phi) is 5.84. The molecule has 2 aromatic carbocycles. The highest BCUT2D eigenvalue weighted by Gasteiger charge is 2.16. The van der Waals surface area contributed by atoms with Gasteiger partial charge in [0.05, 0.1) is 0 Å². The third kappa shape index (κ3) is 4.62. The zero-order chi connectivity index (χ0) is 20.1. The van der Waals surface area contributed by atoms with E-state index in [1.807, 2.05) is 62.4 Å². The van der Waals surface area contributed by atoms with Gasteiger partial charge in [0, 0.05) is 19.3 Å². The third-order valence-electron chi connectivity index (χ3n) is 4.45. The predicted molar refractivity (Wildman–Crippen MR) is 110 cm³/mol. The van der Waals surface area contributed by atoms with Gasteiger partial charge in [-0.3, -0.25) is 9.59 Å². The molecule has 2 amide bonds. The number of hydrogen-bond acceptors (Lipinski definition) is 3. The number of aromatic nitrogens is 1. The van der Waals surface area contributed by atoms with Crippen LogP contribution in [0.4, 0.5) is 5.69 Å². The number of nitrogens with zero attached hydrogens (tertiary/aromatic N) is 2. The van der Waals surface area contributed by atoms with Crippen LogP contribution < -0.4 is 5.32 Å². The van der Waals surface area contributed by atoms with E-state index in [0.29, 0.717) is 6.54 Å². The Morgan fingerprint density at radius 3 is 2.39 bits per heavy atom. The summed E-state index contributed by atoms with van der Waals surface area (Å²) in [6.45, 7) is 4.37. The molecule has 1 aromatic heterocycles. The second kappa shape index (κ2) is 8.48. The Morgan fingerprint density at radius 2 is 1.64 bits per heavy atom. The molecule has 28 heavy (non-hydrogen) atoms. The van der Waals surface area contributed by atoms with Crippen LogP contribution in [0.5, 0.6) is 0 Å². The summed E-state index contributed by atoms with van der Waals surface area (Å²) >= 11 is 0. The first kappa shape index (κ1) is 19.3. The Balaban J connectivity index is 1.74. The van der Waals surface area contributed by atoms with E-state index in [9.17, 15) is 9.59 Å². The van der Waals surface area contributed by atoms with Gasteiger partial charge in [-0.05, 0) is 48.7 Å². The smallest absolute Gasteiger partial charge is 0.274 e. The van der Waals surface area contributed by atoms with Gasteiger partial charge in [0.25, 0.3) is 11.8 Å². The van der Waals surface area contributed by atoms with Crippen LogP contribution in [0.2, 0.25) is 0 Å². The Bertz CT molecular complexity index is 1000. The number of carbonyl (C=O) groups excluding carboxylic acids is 2. The van der Waals surface area contributed by atoms with Gasteiger partial charge in [0.2, 0.25) is 0 Å². The molecule has 0 fully saturated rings. The zero-order valence-electron chi connectivity index (χ0n) is 16.3. The van der Waals surface area contributed by atoms with Gasteiger partial charge in [-0.15, -0.1) is 0 Å². The van der Waals surface area contributed by atoms with Gasteiger partial charge in [0.1, 0.15) is 11.4 Å². The average Bonchev–Trinajstić information content (AvgIpc) is 2.71. The van der Waals surface area contributed by atoms with E-state index in [0.717, 1.165) is 22.4 Å². The number of amides is 2. The predicted octanol–water partition coefficient (Wildman–Crippen LogP) is 4.22. The number of nitrogens with one attached hydrogen (secondary N) is 1. The van der Waals surface area contributed by atoms with Crippen LogP contribution in [0.1, 0.15) is 37.7 Å². The number of hydrogen-bond donors (Lipinski definition) is 1. The van der Waals surface area contributed by atoms with Gasteiger partial charge in [0.15, 0.2) is 0 Å². The van der Waals surface area contributed by atoms with Crippen LogP contribution in [0.15, 0.2) is 66.7 Å². The van der Waals surface area contributed by atoms with E-state index in [4.69, 9.17) is 0 Å². The minimum absolute atomic E-state index is 0.208. The molecule has 0 atom stereocenters. The van der Waals surface area contributed by atoms with Crippen molar-refractivity contribution in [1.82, 2.24) is 9.88 Å². The largest absolute Gasteiger partial charge is 0.336 e. The van der Waals surface area contributed by atoms with Crippen LogP contribution in [0, 0.1) is 13.8 Å². The number of pyridine rings is 1. The topological polar surface area (TPSA) is 62.3 Å². The Labute approximate surface area is 165 Å². The summed E-state index contributed by atoms with van der Waals surface area (Å²) in [5, 5.41) is 2.88. The maximum Gasteiger partial charge on any atom is 0.274 e. The van der Waals surface area contributed by atoms with Crippen LogP contribution in [-0.4, -0.2) is 28.7 Å². The van der Waals surface area contributed by atoms with Crippen molar-refractivity contribution < 1.29 is 9.59 Å². The highest BCUT2D eigenvalue weighted by molar-refractivity contribution is 6.04. The van der Waals surface area contributed by atoms with Crippen LogP contribution in [0.25, 0.3) is 0 Å². The number of benzene rings is 2. The lowest BCUT2D eigenvalue weighted by molar-refractivity contribution is 0.0779. The second-order valence-corrected chi connectivity index (χ2v) is 6.83. The van der Waals surface area contributed by atoms with Crippen molar-refractivity contribution in [1.29, 1.82) is 0 Å². The summed E-state index contributed by atoms with van der Waals surface area (Å²) in [6, 6.07) is 20.5. The van der Waals surface area contributed by atoms with Gasteiger partial charge in [-0.25, -0.2) is 4.98 Å². The monoisotopic (exact) mass is 373 g/mol. The minimum atomic E-state index is -0.339. The van der Waals surface area contributed by atoms with Crippen LogP contribution >= 0.6 is 0 Å². The molecule has 0 saturated heterocycles. The Hall–Kier alpha value is -3.47. The lowest BCUT2D eigenvalue weighted by Gasteiger charge is -2.17. The van der Waals surface area contributed by atoms with Crippen molar-refractivity contribution in [2.75, 3.05) is 12.4 Å². The standard InChI is InChI=1S/C23H23N3O2/c1-16-12-13-17(2)21(14-16)25-22(27)19-10-7-11-20(24-19)23(28)26(3)15-18-8-5-4-6-9-18/h4-14H,15H2,1-3H3,(H,25,27). The maximum absolute atomic E-state index is 12.7. The highest BCUT2D eigenvalue weighted by atomic mass is 16.2. The number of anilines is 1. The molecule has 0 radical (unpaired) electrons. The molecule has 0 spiro atoms. The van der Waals surface area contributed by atoms with Crippen molar-refractivity contribution in [3.05, 3.63) is 94.8 Å². The van der Waals surface area contributed by atoms with Gasteiger partial charge in [-0.1, -0.05) is 48.5 Å².